The van der Waals surface area contributed by atoms with Gasteiger partial charge in [0.25, 0.3) is 0 Å². The van der Waals surface area contributed by atoms with Gasteiger partial charge in [-0.05, 0) is 31.5 Å². The Labute approximate surface area is 127 Å². The van der Waals surface area contributed by atoms with Gasteiger partial charge in [-0.25, -0.2) is 5.84 Å². The molecule has 0 aliphatic heterocycles. The minimum absolute atomic E-state index is 0.0706. The van der Waals surface area contributed by atoms with Crippen molar-refractivity contribution in [3.63, 3.8) is 0 Å². The monoisotopic (exact) mass is 309 g/mol. The van der Waals surface area contributed by atoms with Crippen molar-refractivity contribution in [3.8, 4) is 12.0 Å². The summed E-state index contributed by atoms with van der Waals surface area (Å²) in [6.07, 6.45) is -0.0706. The number of nitrogens with zero attached hydrogens (tertiary/aromatic N) is 3. The van der Waals surface area contributed by atoms with Gasteiger partial charge in [0.1, 0.15) is 6.61 Å². The highest BCUT2D eigenvalue weighted by molar-refractivity contribution is 6.30. The van der Waals surface area contributed by atoms with E-state index >= 15 is 0 Å². The maximum atomic E-state index is 5.91. The van der Waals surface area contributed by atoms with E-state index in [-0.39, 0.29) is 30.7 Å². The first kappa shape index (κ1) is 15.3. The number of rotatable bonds is 6. The minimum Gasteiger partial charge on any atom is -0.461 e. The fourth-order valence-corrected chi connectivity index (χ4v) is 1.72. The second kappa shape index (κ2) is 7.05. The van der Waals surface area contributed by atoms with Crippen LogP contribution in [0, 0.1) is 0 Å². The van der Waals surface area contributed by atoms with E-state index in [0.717, 1.165) is 5.56 Å². The predicted octanol–water partition coefficient (Wildman–Crippen LogP) is 2.18. The normalized spacial score (nSPS) is 10.5. The fraction of sp³-hybridized carbons (Fsp3) is 0.308. The van der Waals surface area contributed by atoms with Gasteiger partial charge in [0, 0.05) is 5.02 Å². The second-order valence-corrected chi connectivity index (χ2v) is 4.89. The Morgan fingerprint density at radius 3 is 2.67 bits per heavy atom. The minimum atomic E-state index is -0.0706. The molecule has 0 bridgehead atoms. The van der Waals surface area contributed by atoms with Gasteiger partial charge in [0.15, 0.2) is 0 Å². The molecule has 0 saturated heterocycles. The van der Waals surface area contributed by atoms with Crippen LogP contribution in [0.5, 0.6) is 12.0 Å². The van der Waals surface area contributed by atoms with E-state index < -0.39 is 0 Å². The number of nitrogen functional groups attached to an aromatic ring is 1. The number of benzene rings is 1. The Kier molecular flexibility index (Phi) is 5.13. The van der Waals surface area contributed by atoms with Crippen molar-refractivity contribution in [2.45, 2.75) is 26.6 Å². The third-order valence-electron chi connectivity index (χ3n) is 2.32. The van der Waals surface area contributed by atoms with E-state index in [1.807, 2.05) is 26.0 Å². The molecular formula is C13H16ClN5O2. The van der Waals surface area contributed by atoms with Crippen LogP contribution in [0.1, 0.15) is 19.4 Å². The van der Waals surface area contributed by atoms with Gasteiger partial charge in [0.05, 0.1) is 6.10 Å². The summed E-state index contributed by atoms with van der Waals surface area (Å²) in [6, 6.07) is 7.59. The number of nitrogens with two attached hydrogens (primary N) is 1. The average Bonchev–Trinajstić information content (AvgIpc) is 2.44. The van der Waals surface area contributed by atoms with Crippen molar-refractivity contribution >= 4 is 17.5 Å². The van der Waals surface area contributed by atoms with Crippen molar-refractivity contribution in [3.05, 3.63) is 34.9 Å². The summed E-state index contributed by atoms with van der Waals surface area (Å²) < 4.78 is 10.9. The number of nitrogens with one attached hydrogen (secondary N) is 1. The zero-order valence-electron chi connectivity index (χ0n) is 11.7. The molecule has 0 aliphatic rings. The molecule has 1 heterocycles. The van der Waals surface area contributed by atoms with Crippen LogP contribution in [0.15, 0.2) is 24.3 Å². The Balaban J connectivity index is 2.11. The van der Waals surface area contributed by atoms with Crippen LogP contribution >= 0.6 is 11.6 Å². The van der Waals surface area contributed by atoms with Gasteiger partial charge in [-0.2, -0.15) is 9.97 Å². The predicted molar refractivity (Wildman–Crippen MR) is 79.2 cm³/mol. The Bertz CT molecular complexity index is 609. The van der Waals surface area contributed by atoms with Crippen molar-refractivity contribution in [1.82, 2.24) is 15.0 Å². The molecule has 0 unspecified atom stereocenters. The molecule has 0 fully saturated rings. The third-order valence-corrected chi connectivity index (χ3v) is 2.56. The van der Waals surface area contributed by atoms with Crippen molar-refractivity contribution in [2.75, 3.05) is 5.43 Å². The molecule has 112 valence electrons. The molecule has 0 aliphatic carbocycles. The molecule has 0 saturated carbocycles. The quantitative estimate of drug-likeness (QED) is 0.623. The first-order valence-electron chi connectivity index (χ1n) is 6.33. The van der Waals surface area contributed by atoms with E-state index in [1.165, 1.54) is 0 Å². The standard InChI is InChI=1S/C13H16ClN5O2/c1-8(2)21-13-17-11(19-15)16-12(18-13)20-7-9-4-3-5-10(14)6-9/h3-6,8H,7,15H2,1-2H3,(H,16,17,18,19). The van der Waals surface area contributed by atoms with Gasteiger partial charge in [-0.15, -0.1) is 4.98 Å². The summed E-state index contributed by atoms with van der Waals surface area (Å²) in [5.41, 5.74) is 3.24. The molecule has 1 aromatic carbocycles. The highest BCUT2D eigenvalue weighted by Gasteiger charge is 2.09. The molecule has 3 N–H and O–H groups in total. The average molecular weight is 310 g/mol. The topological polar surface area (TPSA) is 95.2 Å². The van der Waals surface area contributed by atoms with E-state index in [2.05, 4.69) is 20.4 Å². The molecule has 2 rings (SSSR count). The lowest BCUT2D eigenvalue weighted by Gasteiger charge is -2.10. The largest absolute Gasteiger partial charge is 0.461 e. The Morgan fingerprint density at radius 1 is 1.24 bits per heavy atom. The molecule has 2 aromatic rings. The maximum Gasteiger partial charge on any atom is 0.324 e. The first-order chi connectivity index (χ1) is 10.1. The fourth-order valence-electron chi connectivity index (χ4n) is 1.51. The molecule has 21 heavy (non-hydrogen) atoms. The van der Waals surface area contributed by atoms with Crippen LogP contribution < -0.4 is 20.7 Å². The van der Waals surface area contributed by atoms with Crippen LogP contribution in [-0.4, -0.2) is 21.1 Å². The zero-order chi connectivity index (χ0) is 15.2. The van der Waals surface area contributed by atoms with Crippen LogP contribution in [0.4, 0.5) is 5.95 Å². The highest BCUT2D eigenvalue weighted by Crippen LogP contribution is 2.16. The second-order valence-electron chi connectivity index (χ2n) is 4.45. The number of aromatic nitrogens is 3. The van der Waals surface area contributed by atoms with Crippen LogP contribution in [0.2, 0.25) is 5.02 Å². The molecule has 0 atom stereocenters. The molecule has 0 amide bonds. The Morgan fingerprint density at radius 2 is 2.00 bits per heavy atom. The summed E-state index contributed by atoms with van der Waals surface area (Å²) in [5, 5.41) is 0.639. The number of hydrogen-bond acceptors (Lipinski definition) is 7. The van der Waals surface area contributed by atoms with Crippen LogP contribution in [0.3, 0.4) is 0 Å². The summed E-state index contributed by atoms with van der Waals surface area (Å²) in [4.78, 5) is 12.0. The summed E-state index contributed by atoms with van der Waals surface area (Å²) in [5.74, 6) is 5.48. The lowest BCUT2D eigenvalue weighted by Crippen LogP contribution is -2.15. The molecule has 1 aromatic heterocycles. The van der Waals surface area contributed by atoms with Gasteiger partial charge >= 0.3 is 12.0 Å². The number of hydrogen-bond donors (Lipinski definition) is 2. The number of anilines is 1. The molecule has 7 nitrogen and oxygen atoms in total. The summed E-state index contributed by atoms with van der Waals surface area (Å²) in [7, 11) is 0. The van der Waals surface area contributed by atoms with E-state index in [1.54, 1.807) is 12.1 Å². The SMILES string of the molecule is CC(C)Oc1nc(NN)nc(OCc2cccc(Cl)c2)n1. The third kappa shape index (κ3) is 4.73. The maximum absolute atomic E-state index is 5.91. The smallest absolute Gasteiger partial charge is 0.324 e. The lowest BCUT2D eigenvalue weighted by atomic mass is 10.2. The first-order valence-corrected chi connectivity index (χ1v) is 6.71. The Hall–Kier alpha value is -2.12. The number of ether oxygens (including phenoxy) is 2. The van der Waals surface area contributed by atoms with Gasteiger partial charge in [-0.3, -0.25) is 5.43 Å². The van der Waals surface area contributed by atoms with Gasteiger partial charge < -0.3 is 9.47 Å². The number of halogens is 1. The lowest BCUT2D eigenvalue weighted by molar-refractivity contribution is 0.211. The highest BCUT2D eigenvalue weighted by atomic mass is 35.5. The van der Waals surface area contributed by atoms with Crippen molar-refractivity contribution in [1.29, 1.82) is 0 Å². The van der Waals surface area contributed by atoms with E-state index in [9.17, 15) is 0 Å². The molecular weight excluding hydrogens is 294 g/mol. The summed E-state index contributed by atoms with van der Waals surface area (Å²) in [6.45, 7) is 4.01. The van der Waals surface area contributed by atoms with Crippen LogP contribution in [-0.2, 0) is 6.61 Å². The number of hydrazine groups is 1. The van der Waals surface area contributed by atoms with Crippen molar-refractivity contribution in [2.24, 2.45) is 5.84 Å². The molecule has 8 heteroatoms. The van der Waals surface area contributed by atoms with Crippen LogP contribution in [0.25, 0.3) is 0 Å². The zero-order valence-corrected chi connectivity index (χ0v) is 12.5. The van der Waals surface area contributed by atoms with E-state index in [4.69, 9.17) is 26.9 Å². The van der Waals surface area contributed by atoms with Gasteiger partial charge in [-0.1, -0.05) is 23.7 Å². The van der Waals surface area contributed by atoms with Crippen molar-refractivity contribution < 1.29 is 9.47 Å². The summed E-state index contributed by atoms with van der Waals surface area (Å²) >= 11 is 5.91. The molecule has 0 spiro atoms. The molecule has 0 radical (unpaired) electrons. The van der Waals surface area contributed by atoms with Gasteiger partial charge in [0.2, 0.25) is 5.95 Å². The van der Waals surface area contributed by atoms with E-state index in [0.29, 0.717) is 5.02 Å².